The highest BCUT2D eigenvalue weighted by Crippen LogP contribution is 2.32. The summed E-state index contributed by atoms with van der Waals surface area (Å²) in [4.78, 5) is 15.2. The lowest BCUT2D eigenvalue weighted by atomic mass is 10.2. The molecule has 0 radical (unpaired) electrons. The van der Waals surface area contributed by atoms with Crippen LogP contribution < -0.4 is 19.5 Å². The number of hydrogen-bond donors (Lipinski definition) is 3. The molecule has 0 fully saturated rings. The number of amides is 1. The molecule has 0 atom stereocenters. The smallest absolute Gasteiger partial charge is 0.262 e. The number of carbonyl (C=O) groups is 1. The first-order valence-corrected chi connectivity index (χ1v) is 11.3. The van der Waals surface area contributed by atoms with E-state index in [0.717, 1.165) is 6.42 Å². The molecule has 0 aliphatic carbocycles. The average Bonchev–Trinajstić information content (AvgIpc) is 3.00. The number of sulfonamides is 1. The van der Waals surface area contributed by atoms with Crippen molar-refractivity contribution in [3.05, 3.63) is 71.0 Å². The third kappa shape index (κ3) is 4.86. The molecular formula is C21H19N3O5S2. The monoisotopic (exact) mass is 457 g/mol. The van der Waals surface area contributed by atoms with Gasteiger partial charge in [0.2, 0.25) is 0 Å². The van der Waals surface area contributed by atoms with Gasteiger partial charge in [0.1, 0.15) is 4.64 Å². The van der Waals surface area contributed by atoms with Gasteiger partial charge in [-0.3, -0.25) is 9.52 Å². The number of fused-ring (bicyclic) bond motifs is 1. The molecule has 1 aliphatic rings. The number of H-pyrrole nitrogens is 1. The highest BCUT2D eigenvalue weighted by Gasteiger charge is 2.19. The minimum Gasteiger partial charge on any atom is -0.490 e. The van der Waals surface area contributed by atoms with Crippen LogP contribution in [0.3, 0.4) is 0 Å². The lowest BCUT2D eigenvalue weighted by Crippen LogP contribution is -2.14. The van der Waals surface area contributed by atoms with Gasteiger partial charge in [0, 0.05) is 30.1 Å². The molecule has 0 unspecified atom stereocenters. The standard InChI is InChI=1S/C21H19N3O5S2/c25-20(17-3-1-10-22-21(17)30)23-14-4-6-15(7-5-14)24-31(26,27)16-8-9-18-19(13-16)29-12-2-11-28-18/h1,3-10,13,24H,2,11-12H2,(H,22,30)(H,23,25). The summed E-state index contributed by atoms with van der Waals surface area (Å²) in [6, 6.07) is 14.1. The van der Waals surface area contributed by atoms with Crippen molar-refractivity contribution in [1.29, 1.82) is 0 Å². The summed E-state index contributed by atoms with van der Waals surface area (Å²) in [7, 11) is -3.83. The van der Waals surface area contributed by atoms with E-state index in [9.17, 15) is 13.2 Å². The molecule has 3 aromatic rings. The molecule has 0 spiro atoms. The van der Waals surface area contributed by atoms with Crippen molar-refractivity contribution in [1.82, 2.24) is 4.98 Å². The highest BCUT2D eigenvalue weighted by molar-refractivity contribution is 7.92. The number of carbonyl (C=O) groups excluding carboxylic acids is 1. The largest absolute Gasteiger partial charge is 0.490 e. The third-order valence-electron chi connectivity index (χ3n) is 4.49. The van der Waals surface area contributed by atoms with Crippen molar-refractivity contribution >= 4 is 39.5 Å². The van der Waals surface area contributed by atoms with Crippen molar-refractivity contribution in [2.75, 3.05) is 23.3 Å². The van der Waals surface area contributed by atoms with Crippen molar-refractivity contribution in [3.8, 4) is 11.5 Å². The van der Waals surface area contributed by atoms with Gasteiger partial charge in [-0.2, -0.15) is 0 Å². The number of hydrogen-bond acceptors (Lipinski definition) is 6. The maximum Gasteiger partial charge on any atom is 0.262 e. The Bertz CT molecular complexity index is 1270. The number of pyridine rings is 1. The lowest BCUT2D eigenvalue weighted by Gasteiger charge is -2.12. The maximum absolute atomic E-state index is 12.8. The number of anilines is 2. The van der Waals surface area contributed by atoms with Gasteiger partial charge in [-0.1, -0.05) is 12.2 Å². The summed E-state index contributed by atoms with van der Waals surface area (Å²) in [6.45, 7) is 0.988. The molecule has 2 aromatic carbocycles. The Hall–Kier alpha value is -3.37. The minimum absolute atomic E-state index is 0.0624. The van der Waals surface area contributed by atoms with Crippen LogP contribution in [0.5, 0.6) is 11.5 Å². The Morgan fingerprint density at radius 3 is 2.42 bits per heavy atom. The van der Waals surface area contributed by atoms with Crippen molar-refractivity contribution in [2.45, 2.75) is 11.3 Å². The van der Waals surface area contributed by atoms with Crippen LogP contribution in [0.4, 0.5) is 11.4 Å². The fraction of sp³-hybridized carbons (Fsp3) is 0.143. The number of rotatable bonds is 5. The van der Waals surface area contributed by atoms with E-state index in [1.807, 2.05) is 0 Å². The van der Waals surface area contributed by atoms with E-state index in [0.29, 0.717) is 46.3 Å². The molecule has 0 bridgehead atoms. The first-order chi connectivity index (χ1) is 14.9. The van der Waals surface area contributed by atoms with E-state index in [1.54, 1.807) is 48.7 Å². The number of aromatic amines is 1. The molecule has 4 rings (SSSR count). The highest BCUT2D eigenvalue weighted by atomic mass is 32.2. The number of benzene rings is 2. The first-order valence-electron chi connectivity index (χ1n) is 9.44. The predicted octanol–water partition coefficient (Wildman–Crippen LogP) is 3.96. The maximum atomic E-state index is 12.8. The summed E-state index contributed by atoms with van der Waals surface area (Å²) in [6.07, 6.45) is 2.37. The topological polar surface area (TPSA) is 110 Å². The van der Waals surface area contributed by atoms with Gasteiger partial charge < -0.3 is 19.8 Å². The van der Waals surface area contributed by atoms with Gasteiger partial charge in [-0.05, 0) is 48.5 Å². The zero-order valence-electron chi connectivity index (χ0n) is 16.3. The first kappa shape index (κ1) is 20.9. The minimum atomic E-state index is -3.83. The number of ether oxygens (including phenoxy) is 2. The van der Waals surface area contributed by atoms with Crippen LogP contribution in [0.25, 0.3) is 0 Å². The Kier molecular flexibility index (Phi) is 5.92. The molecule has 160 valence electrons. The van der Waals surface area contributed by atoms with Crippen molar-refractivity contribution < 1.29 is 22.7 Å². The van der Waals surface area contributed by atoms with E-state index in [4.69, 9.17) is 21.7 Å². The Balaban J connectivity index is 1.47. The molecule has 0 saturated heterocycles. The van der Waals surface area contributed by atoms with Crippen LogP contribution in [0.1, 0.15) is 16.8 Å². The summed E-state index contributed by atoms with van der Waals surface area (Å²) in [5, 5.41) is 2.73. The van der Waals surface area contributed by atoms with Gasteiger partial charge in [0.15, 0.2) is 11.5 Å². The van der Waals surface area contributed by atoms with E-state index in [-0.39, 0.29) is 10.8 Å². The summed E-state index contributed by atoms with van der Waals surface area (Å²) >= 11 is 5.11. The van der Waals surface area contributed by atoms with Crippen LogP contribution in [0.2, 0.25) is 0 Å². The molecule has 31 heavy (non-hydrogen) atoms. The number of aromatic nitrogens is 1. The summed E-state index contributed by atoms with van der Waals surface area (Å²) < 4.78 is 39.5. The van der Waals surface area contributed by atoms with Gasteiger partial charge in [0.05, 0.1) is 23.7 Å². The Labute approximate surface area is 184 Å². The van der Waals surface area contributed by atoms with Gasteiger partial charge in [-0.15, -0.1) is 0 Å². The third-order valence-corrected chi connectivity index (χ3v) is 6.20. The van der Waals surface area contributed by atoms with Crippen LogP contribution in [-0.2, 0) is 10.0 Å². The van der Waals surface area contributed by atoms with E-state index >= 15 is 0 Å². The normalized spacial score (nSPS) is 13.2. The van der Waals surface area contributed by atoms with Crippen LogP contribution in [0, 0.1) is 4.64 Å². The second-order valence-corrected chi connectivity index (χ2v) is 8.80. The second-order valence-electron chi connectivity index (χ2n) is 6.71. The zero-order valence-corrected chi connectivity index (χ0v) is 17.9. The van der Waals surface area contributed by atoms with Gasteiger partial charge in [0.25, 0.3) is 15.9 Å². The molecule has 3 N–H and O–H groups in total. The quantitative estimate of drug-likeness (QED) is 0.501. The predicted molar refractivity (Wildman–Crippen MR) is 119 cm³/mol. The lowest BCUT2D eigenvalue weighted by molar-refractivity contribution is 0.102. The Morgan fingerprint density at radius 1 is 0.968 bits per heavy atom. The summed E-state index contributed by atoms with van der Waals surface area (Å²) in [5.41, 5.74) is 1.19. The number of nitrogens with one attached hydrogen (secondary N) is 3. The van der Waals surface area contributed by atoms with E-state index < -0.39 is 10.0 Å². The van der Waals surface area contributed by atoms with Crippen molar-refractivity contribution in [3.63, 3.8) is 0 Å². The van der Waals surface area contributed by atoms with Gasteiger partial charge in [-0.25, -0.2) is 8.42 Å². The molecular weight excluding hydrogens is 438 g/mol. The van der Waals surface area contributed by atoms with Crippen molar-refractivity contribution in [2.24, 2.45) is 0 Å². The molecule has 8 nitrogen and oxygen atoms in total. The molecule has 1 aliphatic heterocycles. The Morgan fingerprint density at radius 2 is 1.68 bits per heavy atom. The average molecular weight is 458 g/mol. The molecule has 1 amide bonds. The van der Waals surface area contributed by atoms with Gasteiger partial charge >= 0.3 is 0 Å². The van der Waals surface area contributed by atoms with Crippen LogP contribution in [0.15, 0.2) is 65.7 Å². The summed E-state index contributed by atoms with van der Waals surface area (Å²) in [5.74, 6) is 0.565. The van der Waals surface area contributed by atoms with Crippen LogP contribution >= 0.6 is 12.2 Å². The molecule has 1 aromatic heterocycles. The SMILES string of the molecule is O=C(Nc1ccc(NS(=O)(=O)c2ccc3c(c2)OCCCO3)cc1)c1ccc[nH]c1=S. The molecule has 2 heterocycles. The van der Waals surface area contributed by atoms with E-state index in [2.05, 4.69) is 15.0 Å². The zero-order chi connectivity index (χ0) is 21.8. The van der Waals surface area contributed by atoms with E-state index in [1.165, 1.54) is 12.1 Å². The fourth-order valence-corrected chi connectivity index (χ4v) is 4.25. The van der Waals surface area contributed by atoms with Crippen LogP contribution in [-0.4, -0.2) is 32.5 Å². The fourth-order valence-electron chi connectivity index (χ4n) is 2.95. The molecule has 10 heteroatoms. The molecule has 0 saturated carbocycles. The second kappa shape index (κ2) is 8.78.